The second-order valence-corrected chi connectivity index (χ2v) is 7.54. The first-order valence-electron chi connectivity index (χ1n) is 10.0. The molecule has 2 atom stereocenters. The van der Waals surface area contributed by atoms with Gasteiger partial charge in [0.25, 0.3) is 0 Å². The van der Waals surface area contributed by atoms with Crippen molar-refractivity contribution in [2.24, 2.45) is 5.73 Å². The average molecular weight is 426 g/mol. The van der Waals surface area contributed by atoms with Crippen molar-refractivity contribution in [3.63, 3.8) is 0 Å². The first kappa shape index (κ1) is 22.6. The van der Waals surface area contributed by atoms with Crippen LogP contribution in [0.2, 0.25) is 0 Å². The summed E-state index contributed by atoms with van der Waals surface area (Å²) in [5.74, 6) is -0.454. The number of primary amides is 1. The van der Waals surface area contributed by atoms with Crippen LogP contribution in [0.3, 0.4) is 0 Å². The van der Waals surface area contributed by atoms with Crippen molar-refractivity contribution in [2.45, 2.75) is 31.1 Å². The topological polar surface area (TPSA) is 46.3 Å². The number of hydrogen-bond donors (Lipinski definition) is 1. The molecule has 0 spiro atoms. The number of benzene rings is 3. The summed E-state index contributed by atoms with van der Waals surface area (Å²) in [5, 5.41) is 0. The number of nitrogens with two attached hydrogens (primary N) is 1. The van der Waals surface area contributed by atoms with Gasteiger partial charge in [0.2, 0.25) is 5.91 Å². The molecule has 0 radical (unpaired) electrons. The Morgan fingerprint density at radius 1 is 0.871 bits per heavy atom. The van der Waals surface area contributed by atoms with Crippen LogP contribution in [-0.4, -0.2) is 17.9 Å². The number of carbonyl (C=O) groups excluding carboxylic acids is 1. The maximum Gasteiger partial charge on any atom is 0.416 e. The minimum atomic E-state index is -4.35. The molecule has 3 rings (SSSR count). The normalized spacial score (nSPS) is 13.7. The monoisotopic (exact) mass is 426 g/mol. The molecule has 0 saturated carbocycles. The molecule has 3 nitrogen and oxygen atoms in total. The van der Waals surface area contributed by atoms with Gasteiger partial charge in [-0.3, -0.25) is 9.69 Å². The summed E-state index contributed by atoms with van der Waals surface area (Å²) < 4.78 is 38.5. The number of amides is 1. The van der Waals surface area contributed by atoms with E-state index in [1.807, 2.05) is 72.6 Å². The molecule has 1 amide bonds. The molecule has 0 saturated heterocycles. The molecule has 31 heavy (non-hydrogen) atoms. The molecular weight excluding hydrogens is 401 g/mol. The van der Waals surface area contributed by atoms with E-state index in [4.69, 9.17) is 5.73 Å². The summed E-state index contributed by atoms with van der Waals surface area (Å²) in [6.07, 6.45) is -3.18. The summed E-state index contributed by atoms with van der Waals surface area (Å²) in [7, 11) is 1.85. The lowest BCUT2D eigenvalue weighted by molar-refractivity contribution is -0.137. The van der Waals surface area contributed by atoms with Crippen LogP contribution in [0, 0.1) is 0 Å². The van der Waals surface area contributed by atoms with Gasteiger partial charge in [0, 0.05) is 6.04 Å². The van der Waals surface area contributed by atoms with Crippen LogP contribution >= 0.6 is 0 Å². The van der Waals surface area contributed by atoms with E-state index in [0.717, 1.165) is 28.8 Å². The number of alkyl halides is 3. The lowest BCUT2D eigenvalue weighted by Gasteiger charge is -2.34. The Bertz CT molecular complexity index is 973. The van der Waals surface area contributed by atoms with Gasteiger partial charge in [-0.15, -0.1) is 0 Å². The van der Waals surface area contributed by atoms with E-state index in [1.165, 1.54) is 12.1 Å². The van der Waals surface area contributed by atoms with E-state index in [9.17, 15) is 18.0 Å². The lowest BCUT2D eigenvalue weighted by atomic mass is 9.94. The Hall–Kier alpha value is -3.12. The smallest absolute Gasteiger partial charge is 0.368 e. The first-order chi connectivity index (χ1) is 14.8. The van der Waals surface area contributed by atoms with Gasteiger partial charge in [-0.2, -0.15) is 13.2 Å². The SMILES string of the molecule is CN(C(CCc1ccc(C(F)(F)F)cc1)c1ccccc1)C(C(N)=O)c1ccccc1. The average Bonchev–Trinajstić information content (AvgIpc) is 2.75. The molecule has 0 aliphatic heterocycles. The van der Waals surface area contributed by atoms with Crippen LogP contribution in [0.1, 0.15) is 40.8 Å². The van der Waals surface area contributed by atoms with Gasteiger partial charge in [0.05, 0.1) is 5.56 Å². The fourth-order valence-electron chi connectivity index (χ4n) is 3.86. The first-order valence-corrected chi connectivity index (χ1v) is 10.0. The molecule has 0 bridgehead atoms. The van der Waals surface area contributed by atoms with Crippen LogP contribution in [0.4, 0.5) is 13.2 Å². The van der Waals surface area contributed by atoms with Crippen LogP contribution < -0.4 is 5.73 Å². The quantitative estimate of drug-likeness (QED) is 0.514. The Morgan fingerprint density at radius 3 is 1.87 bits per heavy atom. The highest BCUT2D eigenvalue weighted by molar-refractivity contribution is 5.81. The van der Waals surface area contributed by atoms with Gasteiger partial charge in [0.1, 0.15) is 6.04 Å². The highest BCUT2D eigenvalue weighted by Crippen LogP contribution is 2.33. The molecular formula is C25H25F3N2O. The number of aryl methyl sites for hydroxylation is 1. The second-order valence-electron chi connectivity index (χ2n) is 7.54. The number of hydrogen-bond acceptors (Lipinski definition) is 2. The second kappa shape index (κ2) is 9.79. The predicted octanol–water partition coefficient (Wildman–Crippen LogP) is 5.54. The molecule has 0 heterocycles. The fourth-order valence-corrected chi connectivity index (χ4v) is 3.86. The lowest BCUT2D eigenvalue weighted by Crippen LogP contribution is -2.38. The van der Waals surface area contributed by atoms with Crippen LogP contribution in [0.25, 0.3) is 0 Å². The van der Waals surface area contributed by atoms with Crippen molar-refractivity contribution in [3.8, 4) is 0 Å². The van der Waals surface area contributed by atoms with Crippen LogP contribution in [-0.2, 0) is 17.4 Å². The molecule has 2 N–H and O–H groups in total. The van der Waals surface area contributed by atoms with E-state index in [0.29, 0.717) is 12.8 Å². The summed E-state index contributed by atoms with van der Waals surface area (Å²) in [4.78, 5) is 14.3. The molecule has 0 aliphatic rings. The highest BCUT2D eigenvalue weighted by Gasteiger charge is 2.31. The number of rotatable bonds is 8. The summed E-state index contributed by atoms with van der Waals surface area (Å²) in [6.45, 7) is 0. The Balaban J connectivity index is 1.85. The predicted molar refractivity (Wildman–Crippen MR) is 115 cm³/mol. The van der Waals surface area contributed by atoms with E-state index in [1.54, 1.807) is 0 Å². The molecule has 0 fully saturated rings. The Labute approximate surface area is 180 Å². The summed E-state index contributed by atoms with van der Waals surface area (Å²) in [5.41, 5.74) is 7.72. The molecule has 6 heteroatoms. The largest absolute Gasteiger partial charge is 0.416 e. The minimum Gasteiger partial charge on any atom is -0.368 e. The third kappa shape index (κ3) is 5.73. The molecule has 162 valence electrons. The van der Waals surface area contributed by atoms with Crippen molar-refractivity contribution >= 4 is 5.91 Å². The van der Waals surface area contributed by atoms with Gasteiger partial charge in [-0.1, -0.05) is 72.8 Å². The number of likely N-dealkylation sites (N-methyl/N-ethyl adjacent to an activating group) is 1. The van der Waals surface area contributed by atoms with Gasteiger partial charge >= 0.3 is 6.18 Å². The minimum absolute atomic E-state index is 0.152. The fraction of sp³-hybridized carbons (Fsp3) is 0.240. The summed E-state index contributed by atoms with van der Waals surface area (Å²) in [6, 6.07) is 23.5. The Morgan fingerprint density at radius 2 is 1.39 bits per heavy atom. The number of nitrogens with zero attached hydrogens (tertiary/aromatic N) is 1. The zero-order valence-corrected chi connectivity index (χ0v) is 17.2. The van der Waals surface area contributed by atoms with Crippen molar-refractivity contribution in [1.29, 1.82) is 0 Å². The molecule has 0 aromatic heterocycles. The number of halogens is 3. The van der Waals surface area contributed by atoms with E-state index in [2.05, 4.69) is 0 Å². The summed E-state index contributed by atoms with van der Waals surface area (Å²) >= 11 is 0. The van der Waals surface area contributed by atoms with Crippen molar-refractivity contribution < 1.29 is 18.0 Å². The highest BCUT2D eigenvalue weighted by atomic mass is 19.4. The molecule has 3 aromatic carbocycles. The zero-order chi connectivity index (χ0) is 22.4. The van der Waals surface area contributed by atoms with Crippen molar-refractivity contribution in [3.05, 3.63) is 107 Å². The number of carbonyl (C=O) groups is 1. The standard InChI is InChI=1S/C25H25F3N2O/c1-30(23(24(29)31)20-10-6-3-7-11-20)22(19-8-4-2-5-9-19)17-14-18-12-15-21(16-13-18)25(26,27)28/h2-13,15-16,22-23H,14,17H2,1H3,(H2,29,31). The van der Waals surface area contributed by atoms with Crippen LogP contribution in [0.5, 0.6) is 0 Å². The molecule has 3 aromatic rings. The zero-order valence-electron chi connectivity index (χ0n) is 17.2. The van der Waals surface area contributed by atoms with Gasteiger partial charge in [0.15, 0.2) is 0 Å². The van der Waals surface area contributed by atoms with E-state index < -0.39 is 23.7 Å². The molecule has 2 unspecified atom stereocenters. The van der Waals surface area contributed by atoms with Gasteiger partial charge in [-0.25, -0.2) is 0 Å². The van der Waals surface area contributed by atoms with Gasteiger partial charge in [-0.05, 0) is 48.7 Å². The third-order valence-corrected chi connectivity index (χ3v) is 5.46. The Kier molecular flexibility index (Phi) is 7.13. The van der Waals surface area contributed by atoms with Crippen LogP contribution in [0.15, 0.2) is 84.9 Å². The van der Waals surface area contributed by atoms with Crippen molar-refractivity contribution in [1.82, 2.24) is 4.90 Å². The van der Waals surface area contributed by atoms with Gasteiger partial charge < -0.3 is 5.73 Å². The maximum atomic E-state index is 12.8. The van der Waals surface area contributed by atoms with Crippen molar-refractivity contribution in [2.75, 3.05) is 7.05 Å². The van der Waals surface area contributed by atoms with E-state index in [-0.39, 0.29) is 6.04 Å². The third-order valence-electron chi connectivity index (χ3n) is 5.46. The molecule has 0 aliphatic carbocycles. The maximum absolute atomic E-state index is 12.8. The van der Waals surface area contributed by atoms with E-state index >= 15 is 0 Å².